The first kappa shape index (κ1) is 28.8. The molecule has 0 radical (unpaired) electrons. The normalized spacial score (nSPS) is 10.9. The maximum Gasteiger partial charge on any atom is 0.256 e. The third kappa shape index (κ3) is 6.69. The minimum atomic E-state index is -0.479. The molecule has 0 aliphatic rings. The number of nitrogens with two attached hydrogens (primary N) is 1. The van der Waals surface area contributed by atoms with Crippen LogP contribution in [-0.2, 0) is 0 Å². The highest BCUT2D eigenvalue weighted by atomic mass is 16.5. The molecule has 9 heteroatoms. The summed E-state index contributed by atoms with van der Waals surface area (Å²) >= 11 is 0. The average Bonchev–Trinajstić information content (AvgIpc) is 2.99. The number of pyridine rings is 1. The number of phenols is 1. The van der Waals surface area contributed by atoms with Crippen LogP contribution in [0.2, 0.25) is 0 Å². The molecular formula is C32H31N5O4. The predicted octanol–water partition coefficient (Wildman–Crippen LogP) is 4.97. The fourth-order valence-electron chi connectivity index (χ4n) is 4.05. The van der Waals surface area contributed by atoms with Gasteiger partial charge in [0.05, 0.1) is 12.8 Å². The lowest BCUT2D eigenvalue weighted by Crippen LogP contribution is -2.38. The van der Waals surface area contributed by atoms with Crippen LogP contribution in [0.1, 0.15) is 40.1 Å². The van der Waals surface area contributed by atoms with Crippen LogP contribution in [0.3, 0.4) is 0 Å². The van der Waals surface area contributed by atoms with Gasteiger partial charge in [0.25, 0.3) is 11.8 Å². The molecule has 0 fully saturated rings. The molecule has 3 aromatic carbocycles. The smallest absolute Gasteiger partial charge is 0.256 e. The van der Waals surface area contributed by atoms with Crippen molar-refractivity contribution in [2.45, 2.75) is 13.8 Å². The van der Waals surface area contributed by atoms with Crippen LogP contribution >= 0.6 is 0 Å². The van der Waals surface area contributed by atoms with Crippen LogP contribution in [-0.4, -0.2) is 42.1 Å². The minimum absolute atomic E-state index is 0.0151. The second kappa shape index (κ2) is 12.3. The number of methoxy groups -OCH3 is 1. The molecule has 0 saturated carbocycles. The number of nitriles is 1. The summed E-state index contributed by atoms with van der Waals surface area (Å²) in [5.41, 5.74) is 8.10. The highest BCUT2D eigenvalue weighted by Gasteiger charge is 2.21. The Morgan fingerprint density at radius 3 is 2.37 bits per heavy atom. The Hall–Kier alpha value is -5.20. The molecule has 208 valence electrons. The van der Waals surface area contributed by atoms with Gasteiger partial charge >= 0.3 is 0 Å². The highest BCUT2D eigenvalue weighted by Crippen LogP contribution is 2.36. The quantitative estimate of drug-likeness (QED) is 0.230. The highest BCUT2D eigenvalue weighted by molar-refractivity contribution is 6.05. The lowest BCUT2D eigenvalue weighted by molar-refractivity contribution is 0.0937. The molecule has 9 nitrogen and oxygen atoms in total. The molecular weight excluding hydrogens is 518 g/mol. The molecule has 0 saturated heterocycles. The number of hydrogen-bond acceptors (Lipinski definition) is 7. The second-order valence-electron chi connectivity index (χ2n) is 10.2. The van der Waals surface area contributed by atoms with E-state index in [0.717, 1.165) is 0 Å². The van der Waals surface area contributed by atoms with Gasteiger partial charge in [0, 0.05) is 28.8 Å². The zero-order valence-electron chi connectivity index (χ0n) is 23.1. The van der Waals surface area contributed by atoms with Gasteiger partial charge in [-0.15, -0.1) is 0 Å². The summed E-state index contributed by atoms with van der Waals surface area (Å²) in [6.07, 6.45) is 0. The van der Waals surface area contributed by atoms with Gasteiger partial charge in [-0.25, -0.2) is 4.98 Å². The standard InChI is InChI=1S/C32H31N5O4/c1-32(2,18-34)19-35-30(39)22-8-6-7-21(15-22)25-16-27(24-9-4-5-10-28(24)38)36-29(26(25)17-33)37-31(40)20-11-13-23(41-3)14-12-20/h4-16,38H,18-19,34H2,1-3H3,(H,35,39)(H,36,37,40). The molecule has 1 heterocycles. The van der Waals surface area contributed by atoms with Crippen molar-refractivity contribution in [3.63, 3.8) is 0 Å². The zero-order chi connectivity index (χ0) is 29.6. The second-order valence-corrected chi connectivity index (χ2v) is 10.2. The van der Waals surface area contributed by atoms with Gasteiger partial charge in [-0.05, 0) is 72.1 Å². The topological polar surface area (TPSA) is 150 Å². The molecule has 5 N–H and O–H groups in total. The fourth-order valence-corrected chi connectivity index (χ4v) is 4.05. The Balaban J connectivity index is 1.80. The van der Waals surface area contributed by atoms with Gasteiger partial charge < -0.3 is 26.2 Å². The Labute approximate surface area is 238 Å². The predicted molar refractivity (Wildman–Crippen MR) is 158 cm³/mol. The number of nitrogens with zero attached hydrogens (tertiary/aromatic N) is 2. The van der Waals surface area contributed by atoms with E-state index in [1.54, 1.807) is 72.8 Å². The number of anilines is 1. The van der Waals surface area contributed by atoms with Crippen molar-refractivity contribution in [3.05, 3.63) is 95.6 Å². The summed E-state index contributed by atoms with van der Waals surface area (Å²) in [4.78, 5) is 30.7. The maximum absolute atomic E-state index is 13.2. The summed E-state index contributed by atoms with van der Waals surface area (Å²) in [5, 5.41) is 26.4. The first-order chi connectivity index (χ1) is 19.7. The van der Waals surface area contributed by atoms with E-state index in [0.29, 0.717) is 52.4 Å². The molecule has 0 unspecified atom stereocenters. The lowest BCUT2D eigenvalue weighted by Gasteiger charge is -2.22. The van der Waals surface area contributed by atoms with E-state index < -0.39 is 5.91 Å². The number of hydrogen-bond donors (Lipinski definition) is 4. The van der Waals surface area contributed by atoms with E-state index >= 15 is 0 Å². The summed E-state index contributed by atoms with van der Waals surface area (Å²) in [7, 11) is 1.53. The first-order valence-electron chi connectivity index (χ1n) is 12.9. The fraction of sp³-hybridized carbons (Fsp3) is 0.188. The number of ether oxygens (including phenoxy) is 1. The van der Waals surface area contributed by atoms with E-state index in [-0.39, 0.29) is 28.5 Å². The van der Waals surface area contributed by atoms with Gasteiger partial charge in [-0.1, -0.05) is 38.1 Å². The molecule has 4 aromatic rings. The van der Waals surface area contributed by atoms with Gasteiger partial charge in [-0.3, -0.25) is 9.59 Å². The van der Waals surface area contributed by atoms with Crippen LogP contribution in [0.4, 0.5) is 5.82 Å². The monoisotopic (exact) mass is 549 g/mol. The zero-order valence-corrected chi connectivity index (χ0v) is 23.1. The number of aromatic nitrogens is 1. The van der Waals surface area contributed by atoms with E-state index in [9.17, 15) is 20.0 Å². The maximum atomic E-state index is 13.2. The van der Waals surface area contributed by atoms with Crippen molar-refractivity contribution in [1.29, 1.82) is 5.26 Å². The molecule has 0 aliphatic carbocycles. The third-order valence-corrected chi connectivity index (χ3v) is 6.61. The summed E-state index contributed by atoms with van der Waals surface area (Å²) in [5.74, 6) is -0.165. The minimum Gasteiger partial charge on any atom is -0.507 e. The van der Waals surface area contributed by atoms with E-state index in [1.807, 2.05) is 13.8 Å². The van der Waals surface area contributed by atoms with Gasteiger partial charge in [0.2, 0.25) is 0 Å². The van der Waals surface area contributed by atoms with Gasteiger partial charge in [0.15, 0.2) is 5.82 Å². The van der Waals surface area contributed by atoms with E-state index in [1.165, 1.54) is 13.2 Å². The number of nitrogens with one attached hydrogen (secondary N) is 2. The molecule has 4 rings (SSSR count). The largest absolute Gasteiger partial charge is 0.507 e. The number of carbonyl (C=O) groups excluding carboxylic acids is 2. The van der Waals surface area contributed by atoms with Crippen molar-refractivity contribution in [3.8, 4) is 40.0 Å². The number of rotatable bonds is 9. The van der Waals surface area contributed by atoms with Crippen LogP contribution in [0.25, 0.3) is 22.4 Å². The SMILES string of the molecule is COc1ccc(C(=O)Nc2nc(-c3ccccc3O)cc(-c3cccc(C(=O)NCC(C)(C)CN)c3)c2C#N)cc1. The molecule has 2 amide bonds. The van der Waals surface area contributed by atoms with E-state index in [2.05, 4.69) is 21.7 Å². The number of amides is 2. The average molecular weight is 550 g/mol. The molecule has 0 spiro atoms. The van der Waals surface area contributed by atoms with Crippen molar-refractivity contribution in [1.82, 2.24) is 10.3 Å². The van der Waals surface area contributed by atoms with Crippen molar-refractivity contribution >= 4 is 17.6 Å². The summed E-state index contributed by atoms with van der Waals surface area (Å²) < 4.78 is 5.16. The Morgan fingerprint density at radius 2 is 1.71 bits per heavy atom. The number of carbonyl (C=O) groups is 2. The van der Waals surface area contributed by atoms with E-state index in [4.69, 9.17) is 10.5 Å². The lowest BCUT2D eigenvalue weighted by atomic mass is 9.93. The van der Waals surface area contributed by atoms with Gasteiger partial charge in [0.1, 0.15) is 23.1 Å². The van der Waals surface area contributed by atoms with Crippen LogP contribution in [0.15, 0.2) is 78.9 Å². The van der Waals surface area contributed by atoms with Gasteiger partial charge in [-0.2, -0.15) is 5.26 Å². The Kier molecular flexibility index (Phi) is 8.66. The van der Waals surface area contributed by atoms with Crippen molar-refractivity contribution < 1.29 is 19.4 Å². The third-order valence-electron chi connectivity index (χ3n) is 6.61. The Morgan fingerprint density at radius 1 is 0.976 bits per heavy atom. The first-order valence-corrected chi connectivity index (χ1v) is 12.9. The number of phenolic OH excluding ortho intramolecular Hbond substituents is 1. The Bertz CT molecular complexity index is 1620. The van der Waals surface area contributed by atoms with Crippen LogP contribution in [0, 0.1) is 16.7 Å². The molecule has 41 heavy (non-hydrogen) atoms. The van der Waals surface area contributed by atoms with Crippen LogP contribution in [0.5, 0.6) is 11.5 Å². The molecule has 1 aromatic heterocycles. The van der Waals surface area contributed by atoms with Crippen molar-refractivity contribution in [2.24, 2.45) is 11.1 Å². The number of aromatic hydroxyl groups is 1. The van der Waals surface area contributed by atoms with Crippen LogP contribution < -0.4 is 21.1 Å². The summed E-state index contributed by atoms with van der Waals surface area (Å²) in [6, 6.07) is 23.8. The molecule has 0 bridgehead atoms. The summed E-state index contributed by atoms with van der Waals surface area (Å²) in [6.45, 7) is 4.73. The molecule has 0 atom stereocenters. The number of para-hydroxylation sites is 1. The number of benzene rings is 3. The molecule has 0 aliphatic heterocycles. The van der Waals surface area contributed by atoms with Crippen molar-refractivity contribution in [2.75, 3.05) is 25.5 Å².